The molecule has 0 aromatic heterocycles. The summed E-state index contributed by atoms with van der Waals surface area (Å²) in [5.41, 5.74) is 0.649. The van der Waals surface area contributed by atoms with Crippen molar-refractivity contribution in [2.24, 2.45) is 0 Å². The van der Waals surface area contributed by atoms with Gasteiger partial charge in [-0.15, -0.1) is 0 Å². The van der Waals surface area contributed by atoms with Crippen LogP contribution in [-0.4, -0.2) is 33.0 Å². The summed E-state index contributed by atoms with van der Waals surface area (Å²) in [6.07, 6.45) is 1.08. The normalized spacial score (nSPS) is 11.0. The zero-order valence-electron chi connectivity index (χ0n) is 11.9. The third kappa shape index (κ3) is 4.02. The zero-order chi connectivity index (χ0) is 16.2. The third-order valence-corrected chi connectivity index (χ3v) is 4.08. The number of carbonyl (C=O) groups excluding carboxylic acids is 2. The van der Waals surface area contributed by atoms with Gasteiger partial charge in [0, 0.05) is 11.8 Å². The first kappa shape index (κ1) is 15.9. The Balaban J connectivity index is 2.00. The van der Waals surface area contributed by atoms with E-state index in [-0.39, 0.29) is 22.8 Å². The van der Waals surface area contributed by atoms with E-state index >= 15 is 0 Å². The van der Waals surface area contributed by atoms with Crippen molar-refractivity contribution in [2.45, 2.75) is 4.90 Å². The monoisotopic (exact) mass is 318 g/mol. The molecule has 2 aromatic rings. The second kappa shape index (κ2) is 6.53. The topological polar surface area (TPSA) is 77.5 Å². The molecule has 0 fully saturated rings. The van der Waals surface area contributed by atoms with Gasteiger partial charge in [0.25, 0.3) is 0 Å². The standard InChI is InChI=1S/C16H14O5S/c1-22(19,20)14-9-7-13(8-10-14)16(18)21-11-15(17)12-5-3-2-4-6-12/h2-10H,11H2,1H3. The second-order valence-corrected chi connectivity index (χ2v) is 6.68. The molecule has 0 aliphatic rings. The molecule has 0 saturated heterocycles. The molecule has 0 amide bonds. The second-order valence-electron chi connectivity index (χ2n) is 4.66. The van der Waals surface area contributed by atoms with Crippen molar-refractivity contribution in [3.8, 4) is 0 Å². The summed E-state index contributed by atoms with van der Waals surface area (Å²) in [7, 11) is -3.31. The minimum Gasteiger partial charge on any atom is -0.454 e. The Morgan fingerprint density at radius 2 is 1.50 bits per heavy atom. The Hall–Kier alpha value is -2.47. The smallest absolute Gasteiger partial charge is 0.338 e. The van der Waals surface area contributed by atoms with Gasteiger partial charge in [-0.05, 0) is 24.3 Å². The van der Waals surface area contributed by atoms with E-state index in [0.717, 1.165) is 6.26 Å². The molecule has 22 heavy (non-hydrogen) atoms. The Morgan fingerprint density at radius 1 is 0.909 bits per heavy atom. The van der Waals surface area contributed by atoms with E-state index in [1.54, 1.807) is 30.3 Å². The van der Waals surface area contributed by atoms with Crippen molar-refractivity contribution in [3.05, 3.63) is 65.7 Å². The number of hydrogen-bond acceptors (Lipinski definition) is 5. The minimum absolute atomic E-state index is 0.115. The van der Waals surface area contributed by atoms with Crippen molar-refractivity contribution in [1.29, 1.82) is 0 Å². The minimum atomic E-state index is -3.31. The van der Waals surface area contributed by atoms with E-state index in [9.17, 15) is 18.0 Å². The van der Waals surface area contributed by atoms with E-state index in [2.05, 4.69) is 0 Å². The molecule has 0 aliphatic heterocycles. The molecule has 0 N–H and O–H groups in total. The van der Waals surface area contributed by atoms with Crippen LogP contribution in [0, 0.1) is 0 Å². The molecule has 0 atom stereocenters. The van der Waals surface area contributed by atoms with Crippen LogP contribution in [0.4, 0.5) is 0 Å². The molecule has 114 valence electrons. The van der Waals surface area contributed by atoms with Crippen molar-refractivity contribution in [1.82, 2.24) is 0 Å². The lowest BCUT2D eigenvalue weighted by Gasteiger charge is -2.05. The molecule has 0 spiro atoms. The first-order valence-corrected chi connectivity index (χ1v) is 8.32. The van der Waals surface area contributed by atoms with Crippen LogP contribution in [0.3, 0.4) is 0 Å². The van der Waals surface area contributed by atoms with E-state index in [0.29, 0.717) is 5.56 Å². The first-order chi connectivity index (χ1) is 10.4. The van der Waals surface area contributed by atoms with Crippen LogP contribution in [0.5, 0.6) is 0 Å². The van der Waals surface area contributed by atoms with E-state index in [1.807, 2.05) is 0 Å². The number of esters is 1. The van der Waals surface area contributed by atoms with Gasteiger partial charge in [-0.3, -0.25) is 4.79 Å². The molecule has 2 aromatic carbocycles. The van der Waals surface area contributed by atoms with Crippen LogP contribution in [0.1, 0.15) is 20.7 Å². The van der Waals surface area contributed by atoms with Crippen molar-refractivity contribution in [3.63, 3.8) is 0 Å². The highest BCUT2D eigenvalue weighted by atomic mass is 32.2. The molecule has 0 aliphatic carbocycles. The molecule has 0 bridgehead atoms. The fourth-order valence-corrected chi connectivity index (χ4v) is 2.39. The molecule has 2 rings (SSSR count). The lowest BCUT2D eigenvalue weighted by atomic mass is 10.1. The van der Waals surface area contributed by atoms with E-state index in [1.165, 1.54) is 24.3 Å². The lowest BCUT2D eigenvalue weighted by Crippen LogP contribution is -2.14. The van der Waals surface area contributed by atoms with Gasteiger partial charge < -0.3 is 4.74 Å². The van der Waals surface area contributed by atoms with Crippen LogP contribution >= 0.6 is 0 Å². The first-order valence-electron chi connectivity index (χ1n) is 6.43. The fraction of sp³-hybridized carbons (Fsp3) is 0.125. The van der Waals surface area contributed by atoms with Gasteiger partial charge in [0.2, 0.25) is 0 Å². The van der Waals surface area contributed by atoms with Gasteiger partial charge >= 0.3 is 5.97 Å². The molecule has 0 heterocycles. The Labute approximate surface area is 128 Å². The maximum absolute atomic E-state index is 11.8. The number of benzene rings is 2. The average Bonchev–Trinajstić information content (AvgIpc) is 2.52. The summed E-state index contributed by atoms with van der Waals surface area (Å²) in [5.74, 6) is -0.981. The van der Waals surface area contributed by atoms with Gasteiger partial charge in [-0.25, -0.2) is 13.2 Å². The largest absolute Gasteiger partial charge is 0.454 e. The van der Waals surface area contributed by atoms with Crippen LogP contribution in [0.2, 0.25) is 0 Å². The molecule has 5 nitrogen and oxygen atoms in total. The van der Waals surface area contributed by atoms with Crippen molar-refractivity contribution in [2.75, 3.05) is 12.9 Å². The van der Waals surface area contributed by atoms with Gasteiger partial charge in [-0.1, -0.05) is 30.3 Å². The van der Waals surface area contributed by atoms with E-state index in [4.69, 9.17) is 4.74 Å². The van der Waals surface area contributed by atoms with E-state index < -0.39 is 15.8 Å². The highest BCUT2D eigenvalue weighted by molar-refractivity contribution is 7.90. The number of rotatable bonds is 5. The molecular formula is C16H14O5S. The summed E-state index contributed by atoms with van der Waals surface area (Å²) in [6.45, 7) is -0.364. The molecule has 0 unspecified atom stereocenters. The third-order valence-electron chi connectivity index (χ3n) is 2.95. The predicted octanol–water partition coefficient (Wildman–Crippen LogP) is 2.13. The van der Waals surface area contributed by atoms with Crippen LogP contribution in [-0.2, 0) is 14.6 Å². The van der Waals surface area contributed by atoms with Gasteiger partial charge in [0.1, 0.15) is 0 Å². The average molecular weight is 318 g/mol. The van der Waals surface area contributed by atoms with Crippen LogP contribution in [0.15, 0.2) is 59.5 Å². The van der Waals surface area contributed by atoms with Gasteiger partial charge in [0.15, 0.2) is 22.2 Å². The maximum atomic E-state index is 11.8. The van der Waals surface area contributed by atoms with Crippen molar-refractivity contribution < 1.29 is 22.7 Å². The summed E-state index contributed by atoms with van der Waals surface area (Å²) >= 11 is 0. The summed E-state index contributed by atoms with van der Waals surface area (Å²) in [5, 5.41) is 0. The molecular weight excluding hydrogens is 304 g/mol. The maximum Gasteiger partial charge on any atom is 0.338 e. The summed E-state index contributed by atoms with van der Waals surface area (Å²) < 4.78 is 27.6. The zero-order valence-corrected chi connectivity index (χ0v) is 12.7. The van der Waals surface area contributed by atoms with Gasteiger partial charge in [0.05, 0.1) is 10.5 Å². The summed E-state index contributed by atoms with van der Waals surface area (Å²) in [4.78, 5) is 23.7. The summed E-state index contributed by atoms with van der Waals surface area (Å²) in [6, 6.07) is 13.9. The Bertz CT molecular complexity index is 777. The highest BCUT2D eigenvalue weighted by Crippen LogP contribution is 2.11. The number of ether oxygens (including phenoxy) is 1. The number of ketones is 1. The fourth-order valence-electron chi connectivity index (χ4n) is 1.76. The molecule has 0 radical (unpaired) electrons. The van der Waals surface area contributed by atoms with Gasteiger partial charge in [-0.2, -0.15) is 0 Å². The van der Waals surface area contributed by atoms with Crippen LogP contribution < -0.4 is 0 Å². The number of carbonyl (C=O) groups is 2. The van der Waals surface area contributed by atoms with Crippen LogP contribution in [0.25, 0.3) is 0 Å². The number of Topliss-reactive ketones (excluding diaryl/α,β-unsaturated/α-hetero) is 1. The SMILES string of the molecule is CS(=O)(=O)c1ccc(C(=O)OCC(=O)c2ccccc2)cc1. The van der Waals surface area contributed by atoms with Crippen molar-refractivity contribution >= 4 is 21.6 Å². The molecule has 6 heteroatoms. The molecule has 0 saturated carbocycles. The Kier molecular flexibility index (Phi) is 4.72. The Morgan fingerprint density at radius 3 is 2.05 bits per heavy atom. The number of hydrogen-bond donors (Lipinski definition) is 0. The highest BCUT2D eigenvalue weighted by Gasteiger charge is 2.13. The number of sulfone groups is 1. The quantitative estimate of drug-likeness (QED) is 0.623. The lowest BCUT2D eigenvalue weighted by molar-refractivity contribution is 0.0474. The predicted molar refractivity (Wildman–Crippen MR) is 80.6 cm³/mol.